The van der Waals surface area contributed by atoms with Crippen molar-refractivity contribution in [2.75, 3.05) is 31.1 Å². The Balaban J connectivity index is 1.54. The minimum atomic E-state index is 0.0402. The first kappa shape index (κ1) is 16.8. The maximum atomic E-state index is 12.5. The first-order valence-corrected chi connectivity index (χ1v) is 9.28. The number of piperazine rings is 1. The molecule has 2 amide bonds. The van der Waals surface area contributed by atoms with Crippen molar-refractivity contribution in [2.45, 2.75) is 26.8 Å². The van der Waals surface area contributed by atoms with Crippen molar-refractivity contribution in [1.29, 1.82) is 0 Å². The second-order valence-corrected chi connectivity index (χ2v) is 7.81. The Bertz CT molecular complexity index is 690. The van der Waals surface area contributed by atoms with Crippen LogP contribution in [0.15, 0.2) is 36.4 Å². The number of nitrogens with zero attached hydrogens (tertiary/aromatic N) is 2. The van der Waals surface area contributed by atoms with E-state index in [1.807, 2.05) is 11.0 Å². The van der Waals surface area contributed by atoms with E-state index in [2.05, 4.69) is 61.3 Å². The number of amides is 2. The molecule has 0 radical (unpaired) electrons. The second kappa shape index (κ2) is 7.26. The number of para-hydroxylation sites is 1. The largest absolute Gasteiger partial charge is 0.368 e. The second-order valence-electron chi connectivity index (χ2n) is 6.35. The highest BCUT2D eigenvalue weighted by atomic mass is 32.1. The van der Waals surface area contributed by atoms with Crippen LogP contribution in [0.25, 0.3) is 0 Å². The number of anilines is 1. The van der Waals surface area contributed by atoms with Crippen molar-refractivity contribution in [3.05, 3.63) is 51.7 Å². The summed E-state index contributed by atoms with van der Waals surface area (Å²) < 4.78 is 0. The van der Waals surface area contributed by atoms with Gasteiger partial charge in [0.05, 0.1) is 6.04 Å². The lowest BCUT2D eigenvalue weighted by Crippen LogP contribution is -2.52. The predicted molar refractivity (Wildman–Crippen MR) is 101 cm³/mol. The van der Waals surface area contributed by atoms with Crippen molar-refractivity contribution < 1.29 is 4.79 Å². The molecule has 4 nitrogen and oxygen atoms in total. The molecular weight excluding hydrogens is 318 g/mol. The van der Waals surface area contributed by atoms with Crippen LogP contribution in [0.3, 0.4) is 0 Å². The molecule has 0 aliphatic carbocycles. The van der Waals surface area contributed by atoms with Crippen molar-refractivity contribution >= 4 is 23.1 Å². The zero-order chi connectivity index (χ0) is 17.1. The molecule has 128 valence electrons. The molecule has 1 aromatic carbocycles. The number of hydrogen-bond acceptors (Lipinski definition) is 3. The van der Waals surface area contributed by atoms with Crippen molar-refractivity contribution in [1.82, 2.24) is 10.2 Å². The molecule has 2 heterocycles. The van der Waals surface area contributed by atoms with Gasteiger partial charge in [0, 0.05) is 41.6 Å². The van der Waals surface area contributed by atoms with E-state index < -0.39 is 0 Å². The summed E-state index contributed by atoms with van der Waals surface area (Å²) in [7, 11) is 0. The zero-order valence-corrected chi connectivity index (χ0v) is 15.4. The molecular formula is C19H25N3OS. The lowest BCUT2D eigenvalue weighted by atomic mass is 10.1. The van der Waals surface area contributed by atoms with Gasteiger partial charge in [0.1, 0.15) is 0 Å². The van der Waals surface area contributed by atoms with Gasteiger partial charge < -0.3 is 15.1 Å². The highest BCUT2D eigenvalue weighted by Gasteiger charge is 2.23. The molecule has 2 aromatic rings. The maximum Gasteiger partial charge on any atom is 0.317 e. The first-order valence-electron chi connectivity index (χ1n) is 8.47. The monoisotopic (exact) mass is 343 g/mol. The van der Waals surface area contributed by atoms with Crippen molar-refractivity contribution in [2.24, 2.45) is 0 Å². The Morgan fingerprint density at radius 3 is 2.38 bits per heavy atom. The Morgan fingerprint density at radius 2 is 1.79 bits per heavy atom. The average molecular weight is 343 g/mol. The fourth-order valence-electron chi connectivity index (χ4n) is 3.24. The van der Waals surface area contributed by atoms with Gasteiger partial charge in [-0.25, -0.2) is 4.79 Å². The normalized spacial score (nSPS) is 16.1. The lowest BCUT2D eigenvalue weighted by molar-refractivity contribution is 0.191. The number of nitrogens with one attached hydrogen (secondary N) is 1. The molecule has 3 rings (SSSR count). The third-order valence-electron chi connectivity index (χ3n) is 4.57. The zero-order valence-electron chi connectivity index (χ0n) is 14.6. The number of urea groups is 1. The van der Waals surface area contributed by atoms with Gasteiger partial charge in [-0.2, -0.15) is 0 Å². The molecule has 0 saturated carbocycles. The fourth-order valence-corrected chi connectivity index (χ4v) is 4.26. The van der Waals surface area contributed by atoms with Gasteiger partial charge in [-0.1, -0.05) is 18.2 Å². The van der Waals surface area contributed by atoms with Crippen LogP contribution in [0.1, 0.15) is 28.3 Å². The smallest absolute Gasteiger partial charge is 0.317 e. The van der Waals surface area contributed by atoms with Gasteiger partial charge >= 0.3 is 6.03 Å². The molecule has 1 aromatic heterocycles. The molecule has 1 aliphatic heterocycles. The van der Waals surface area contributed by atoms with E-state index in [0.29, 0.717) is 0 Å². The topological polar surface area (TPSA) is 35.6 Å². The minimum absolute atomic E-state index is 0.0402. The molecule has 1 fully saturated rings. The van der Waals surface area contributed by atoms with E-state index in [1.165, 1.54) is 21.0 Å². The molecule has 1 unspecified atom stereocenters. The SMILES string of the molecule is Cc1cc(C(C)NC(=O)N2CCN(c3ccccc3)CC2)c(C)s1. The van der Waals surface area contributed by atoms with E-state index in [0.717, 1.165) is 26.2 Å². The van der Waals surface area contributed by atoms with Crippen LogP contribution in [-0.4, -0.2) is 37.1 Å². The predicted octanol–water partition coefficient (Wildman–Crippen LogP) is 3.96. The van der Waals surface area contributed by atoms with Gasteiger partial charge in [-0.3, -0.25) is 0 Å². The summed E-state index contributed by atoms with van der Waals surface area (Å²) in [4.78, 5) is 19.4. The number of carbonyl (C=O) groups excluding carboxylic acids is 1. The Labute approximate surface area is 148 Å². The number of thiophene rings is 1. The molecule has 0 spiro atoms. The standard InChI is InChI=1S/C19H25N3OS/c1-14-13-18(16(3)24-14)15(2)20-19(23)22-11-9-21(10-12-22)17-7-5-4-6-8-17/h4-8,13,15H,9-12H2,1-3H3,(H,20,23). The number of benzene rings is 1. The summed E-state index contributed by atoms with van der Waals surface area (Å²) in [6.07, 6.45) is 0. The summed E-state index contributed by atoms with van der Waals surface area (Å²) in [5, 5.41) is 3.15. The quantitative estimate of drug-likeness (QED) is 0.916. The Hall–Kier alpha value is -2.01. The molecule has 1 aliphatic rings. The third kappa shape index (κ3) is 3.73. The number of carbonyl (C=O) groups is 1. The molecule has 1 saturated heterocycles. The van der Waals surface area contributed by atoms with Crippen LogP contribution >= 0.6 is 11.3 Å². The van der Waals surface area contributed by atoms with Crippen LogP contribution in [0.2, 0.25) is 0 Å². The van der Waals surface area contributed by atoms with E-state index in [9.17, 15) is 4.79 Å². The molecule has 1 N–H and O–H groups in total. The Morgan fingerprint density at radius 1 is 1.12 bits per heavy atom. The van der Waals surface area contributed by atoms with E-state index in [1.54, 1.807) is 11.3 Å². The van der Waals surface area contributed by atoms with Crippen LogP contribution in [-0.2, 0) is 0 Å². The highest BCUT2D eigenvalue weighted by molar-refractivity contribution is 7.12. The maximum absolute atomic E-state index is 12.5. The summed E-state index contributed by atoms with van der Waals surface area (Å²) in [6, 6.07) is 12.7. The summed E-state index contributed by atoms with van der Waals surface area (Å²) in [5.74, 6) is 0. The van der Waals surface area contributed by atoms with Gasteiger partial charge in [0.25, 0.3) is 0 Å². The number of aryl methyl sites for hydroxylation is 2. The molecule has 0 bridgehead atoms. The average Bonchev–Trinajstić information content (AvgIpc) is 2.94. The van der Waals surface area contributed by atoms with Gasteiger partial charge in [0.15, 0.2) is 0 Å². The van der Waals surface area contributed by atoms with Crippen molar-refractivity contribution in [3.63, 3.8) is 0 Å². The van der Waals surface area contributed by atoms with Crippen LogP contribution in [0, 0.1) is 13.8 Å². The summed E-state index contributed by atoms with van der Waals surface area (Å²) in [6.45, 7) is 9.56. The molecule has 5 heteroatoms. The van der Waals surface area contributed by atoms with Crippen LogP contribution < -0.4 is 10.2 Å². The van der Waals surface area contributed by atoms with E-state index in [-0.39, 0.29) is 12.1 Å². The van der Waals surface area contributed by atoms with Crippen molar-refractivity contribution in [3.8, 4) is 0 Å². The Kier molecular flexibility index (Phi) is 5.09. The number of rotatable bonds is 3. The summed E-state index contributed by atoms with van der Waals surface area (Å²) >= 11 is 1.79. The van der Waals surface area contributed by atoms with Gasteiger partial charge in [0.2, 0.25) is 0 Å². The highest BCUT2D eigenvalue weighted by Crippen LogP contribution is 2.26. The van der Waals surface area contributed by atoms with E-state index in [4.69, 9.17) is 0 Å². The summed E-state index contributed by atoms with van der Waals surface area (Å²) in [5.41, 5.74) is 2.46. The molecule has 1 atom stereocenters. The lowest BCUT2D eigenvalue weighted by Gasteiger charge is -2.36. The van der Waals surface area contributed by atoms with Gasteiger partial charge in [-0.05, 0) is 44.5 Å². The van der Waals surface area contributed by atoms with Gasteiger partial charge in [-0.15, -0.1) is 11.3 Å². The van der Waals surface area contributed by atoms with Crippen LogP contribution in [0.4, 0.5) is 10.5 Å². The fraction of sp³-hybridized carbons (Fsp3) is 0.421. The van der Waals surface area contributed by atoms with E-state index >= 15 is 0 Å². The third-order valence-corrected chi connectivity index (χ3v) is 5.56. The van der Waals surface area contributed by atoms with Crippen LogP contribution in [0.5, 0.6) is 0 Å². The molecule has 24 heavy (non-hydrogen) atoms. The number of hydrogen-bond donors (Lipinski definition) is 1. The first-order chi connectivity index (χ1) is 11.5. The minimum Gasteiger partial charge on any atom is -0.368 e.